The minimum atomic E-state index is -0.133. The summed E-state index contributed by atoms with van der Waals surface area (Å²) in [5.74, 6) is 0. The molecule has 76 valence electrons. The summed E-state index contributed by atoms with van der Waals surface area (Å²) >= 11 is 0. The molecule has 3 nitrogen and oxygen atoms in total. The van der Waals surface area contributed by atoms with Gasteiger partial charge in [0.25, 0.3) is 5.56 Å². The molecule has 2 rings (SSSR count). The van der Waals surface area contributed by atoms with E-state index in [0.717, 1.165) is 11.3 Å². The first-order valence-electron chi connectivity index (χ1n) is 4.80. The largest absolute Gasteiger partial charge is 0.268 e. The van der Waals surface area contributed by atoms with Crippen LogP contribution in [0.3, 0.4) is 0 Å². The summed E-state index contributed by atoms with van der Waals surface area (Å²) in [4.78, 5) is 11.2. The van der Waals surface area contributed by atoms with Gasteiger partial charge in [0.1, 0.15) is 0 Å². The molecule has 0 aliphatic carbocycles. The highest BCUT2D eigenvalue weighted by molar-refractivity contribution is 5.59. The van der Waals surface area contributed by atoms with Gasteiger partial charge in [0.05, 0.1) is 5.69 Å². The van der Waals surface area contributed by atoms with Crippen LogP contribution in [0.1, 0.15) is 11.1 Å². The topological polar surface area (TPSA) is 45.8 Å². The Bertz CT molecular complexity index is 543. The van der Waals surface area contributed by atoms with Crippen molar-refractivity contribution in [3.05, 3.63) is 51.8 Å². The van der Waals surface area contributed by atoms with Crippen LogP contribution < -0.4 is 5.56 Å². The predicted molar refractivity (Wildman–Crippen MR) is 59.8 cm³/mol. The highest BCUT2D eigenvalue weighted by atomic mass is 16.1. The molecule has 1 aromatic carbocycles. The van der Waals surface area contributed by atoms with Crippen LogP contribution in [0.4, 0.5) is 0 Å². The summed E-state index contributed by atoms with van der Waals surface area (Å²) in [5, 5.41) is 6.49. The lowest BCUT2D eigenvalue weighted by atomic mass is 10.1. The Morgan fingerprint density at radius 2 is 2.00 bits per heavy atom. The number of aromatic nitrogens is 2. The summed E-state index contributed by atoms with van der Waals surface area (Å²) in [5.41, 5.74) is 3.55. The summed E-state index contributed by atoms with van der Waals surface area (Å²) < 4.78 is 0. The van der Waals surface area contributed by atoms with Gasteiger partial charge in [-0.1, -0.05) is 23.8 Å². The quantitative estimate of drug-likeness (QED) is 0.765. The van der Waals surface area contributed by atoms with Crippen LogP contribution in [0.25, 0.3) is 11.3 Å². The van der Waals surface area contributed by atoms with E-state index in [1.54, 1.807) is 13.0 Å². The smallest absolute Gasteiger partial charge is 0.267 e. The number of nitrogens with zero attached hydrogens (tertiary/aromatic N) is 1. The van der Waals surface area contributed by atoms with Crippen LogP contribution >= 0.6 is 0 Å². The molecule has 0 spiro atoms. The van der Waals surface area contributed by atoms with E-state index in [4.69, 9.17) is 0 Å². The molecule has 1 aromatic heterocycles. The molecule has 1 heterocycles. The third-order valence-corrected chi connectivity index (χ3v) is 2.30. The van der Waals surface area contributed by atoms with E-state index in [9.17, 15) is 4.79 Å². The zero-order chi connectivity index (χ0) is 10.8. The van der Waals surface area contributed by atoms with Crippen molar-refractivity contribution < 1.29 is 0 Å². The summed E-state index contributed by atoms with van der Waals surface area (Å²) in [6.45, 7) is 3.81. The highest BCUT2D eigenvalue weighted by Gasteiger charge is 2.01. The first kappa shape index (κ1) is 9.65. The second-order valence-electron chi connectivity index (χ2n) is 3.63. The Balaban J connectivity index is 2.55. The Kier molecular flexibility index (Phi) is 2.37. The third-order valence-electron chi connectivity index (χ3n) is 2.30. The SMILES string of the molecule is Cc1cccc(-c2cc(C)c(=O)[nH]n2)c1. The molecule has 0 aliphatic rings. The van der Waals surface area contributed by atoms with Crippen molar-refractivity contribution >= 4 is 0 Å². The van der Waals surface area contributed by atoms with Gasteiger partial charge in [-0.25, -0.2) is 5.10 Å². The molecule has 0 atom stereocenters. The fourth-order valence-electron chi connectivity index (χ4n) is 1.45. The standard InChI is InChI=1S/C12H12N2O/c1-8-4-3-5-10(6-8)11-7-9(2)12(15)14-13-11/h3-7H,1-2H3,(H,14,15). The van der Waals surface area contributed by atoms with Gasteiger partial charge in [0, 0.05) is 11.1 Å². The zero-order valence-corrected chi connectivity index (χ0v) is 8.74. The average molecular weight is 200 g/mol. The second-order valence-corrected chi connectivity index (χ2v) is 3.63. The molecule has 2 aromatic rings. The fourth-order valence-corrected chi connectivity index (χ4v) is 1.45. The van der Waals surface area contributed by atoms with Gasteiger partial charge in [0.2, 0.25) is 0 Å². The maximum atomic E-state index is 11.2. The molecule has 0 bridgehead atoms. The van der Waals surface area contributed by atoms with Gasteiger partial charge in [-0.2, -0.15) is 5.10 Å². The van der Waals surface area contributed by atoms with Crippen molar-refractivity contribution in [1.29, 1.82) is 0 Å². The molecule has 15 heavy (non-hydrogen) atoms. The van der Waals surface area contributed by atoms with Crippen LogP contribution in [-0.4, -0.2) is 10.2 Å². The van der Waals surface area contributed by atoms with Crippen molar-refractivity contribution in [2.45, 2.75) is 13.8 Å². The molecular weight excluding hydrogens is 188 g/mol. The van der Waals surface area contributed by atoms with Gasteiger partial charge < -0.3 is 0 Å². The number of aromatic amines is 1. The van der Waals surface area contributed by atoms with E-state index in [1.807, 2.05) is 31.2 Å². The van der Waals surface area contributed by atoms with Crippen LogP contribution in [-0.2, 0) is 0 Å². The van der Waals surface area contributed by atoms with Crippen molar-refractivity contribution in [3.63, 3.8) is 0 Å². The van der Waals surface area contributed by atoms with Gasteiger partial charge in [0.15, 0.2) is 0 Å². The Morgan fingerprint density at radius 1 is 1.20 bits per heavy atom. The molecular formula is C12H12N2O. The minimum Gasteiger partial charge on any atom is -0.268 e. The van der Waals surface area contributed by atoms with E-state index in [-0.39, 0.29) is 5.56 Å². The molecule has 0 aliphatic heterocycles. The summed E-state index contributed by atoms with van der Waals surface area (Å²) in [6.07, 6.45) is 0. The first-order chi connectivity index (χ1) is 7.16. The maximum absolute atomic E-state index is 11.2. The van der Waals surface area contributed by atoms with Gasteiger partial charge in [-0.3, -0.25) is 4.79 Å². The molecule has 1 N–H and O–H groups in total. The maximum Gasteiger partial charge on any atom is 0.267 e. The number of benzene rings is 1. The van der Waals surface area contributed by atoms with E-state index in [0.29, 0.717) is 5.56 Å². The molecule has 0 unspecified atom stereocenters. The van der Waals surface area contributed by atoms with Gasteiger partial charge >= 0.3 is 0 Å². The Hall–Kier alpha value is -1.90. The predicted octanol–water partition coefficient (Wildman–Crippen LogP) is 2.05. The lowest BCUT2D eigenvalue weighted by molar-refractivity contribution is 0.975. The first-order valence-corrected chi connectivity index (χ1v) is 4.80. The molecule has 0 amide bonds. The number of hydrogen-bond acceptors (Lipinski definition) is 2. The summed E-state index contributed by atoms with van der Waals surface area (Å²) in [7, 11) is 0. The van der Waals surface area contributed by atoms with Gasteiger partial charge in [-0.15, -0.1) is 0 Å². The molecule has 0 saturated heterocycles. The Labute approximate surface area is 87.8 Å². The van der Waals surface area contributed by atoms with Gasteiger partial charge in [-0.05, 0) is 26.0 Å². The van der Waals surface area contributed by atoms with Crippen LogP contribution in [0, 0.1) is 13.8 Å². The van der Waals surface area contributed by atoms with Crippen molar-refractivity contribution in [3.8, 4) is 11.3 Å². The minimum absolute atomic E-state index is 0.133. The molecule has 0 saturated carbocycles. The average Bonchev–Trinajstić information content (AvgIpc) is 2.22. The third kappa shape index (κ3) is 1.96. The number of aryl methyl sites for hydroxylation is 2. The fraction of sp³-hybridized carbons (Fsp3) is 0.167. The number of rotatable bonds is 1. The lowest BCUT2D eigenvalue weighted by Crippen LogP contribution is -2.11. The van der Waals surface area contributed by atoms with Crippen molar-refractivity contribution in [2.24, 2.45) is 0 Å². The van der Waals surface area contributed by atoms with E-state index >= 15 is 0 Å². The zero-order valence-electron chi connectivity index (χ0n) is 8.74. The molecule has 0 fully saturated rings. The van der Waals surface area contributed by atoms with Crippen LogP contribution in [0.5, 0.6) is 0 Å². The summed E-state index contributed by atoms with van der Waals surface area (Å²) in [6, 6.07) is 9.83. The molecule has 0 radical (unpaired) electrons. The van der Waals surface area contributed by atoms with E-state index in [1.165, 1.54) is 5.56 Å². The lowest BCUT2D eigenvalue weighted by Gasteiger charge is -2.01. The Morgan fingerprint density at radius 3 is 2.67 bits per heavy atom. The van der Waals surface area contributed by atoms with E-state index in [2.05, 4.69) is 10.2 Å². The van der Waals surface area contributed by atoms with E-state index < -0.39 is 0 Å². The normalized spacial score (nSPS) is 10.3. The number of H-pyrrole nitrogens is 1. The monoisotopic (exact) mass is 200 g/mol. The highest BCUT2D eigenvalue weighted by Crippen LogP contribution is 2.16. The van der Waals surface area contributed by atoms with Crippen LogP contribution in [0.2, 0.25) is 0 Å². The number of nitrogens with one attached hydrogen (secondary N) is 1. The van der Waals surface area contributed by atoms with Crippen LogP contribution in [0.15, 0.2) is 35.1 Å². The van der Waals surface area contributed by atoms with Crippen molar-refractivity contribution in [2.75, 3.05) is 0 Å². The van der Waals surface area contributed by atoms with Crippen molar-refractivity contribution in [1.82, 2.24) is 10.2 Å². The second kappa shape index (κ2) is 3.69. The molecule has 3 heteroatoms. The number of hydrogen-bond donors (Lipinski definition) is 1.